The van der Waals surface area contributed by atoms with Crippen molar-refractivity contribution in [2.75, 3.05) is 32.1 Å². The predicted octanol–water partition coefficient (Wildman–Crippen LogP) is 1.91. The smallest absolute Gasteiger partial charge is 0.257 e. The Morgan fingerprint density at radius 3 is 2.58 bits per heavy atom. The number of ether oxygens (including phenoxy) is 1. The maximum Gasteiger partial charge on any atom is 0.257 e. The number of rotatable bonds is 5. The van der Waals surface area contributed by atoms with Crippen molar-refractivity contribution in [2.24, 2.45) is 0 Å². The summed E-state index contributed by atoms with van der Waals surface area (Å²) in [5.41, 5.74) is 0. The third-order valence-electron chi connectivity index (χ3n) is 4.14. The molecule has 1 saturated heterocycles. The van der Waals surface area contributed by atoms with Crippen LogP contribution in [0.5, 0.6) is 5.88 Å². The van der Waals surface area contributed by atoms with E-state index in [9.17, 15) is 12.8 Å². The number of nitrogens with zero attached hydrogens (tertiary/aromatic N) is 4. The molecule has 3 rings (SSSR count). The molecule has 1 aromatic heterocycles. The molecule has 9 heteroatoms. The summed E-state index contributed by atoms with van der Waals surface area (Å²) in [5.74, 6) is 0.497. The van der Waals surface area contributed by atoms with Crippen LogP contribution in [-0.4, -0.2) is 56.0 Å². The van der Waals surface area contributed by atoms with Gasteiger partial charge in [0.05, 0.1) is 11.4 Å². The number of aromatic nitrogens is 2. The van der Waals surface area contributed by atoms with Crippen LogP contribution >= 0.6 is 0 Å². The second-order valence-corrected chi connectivity index (χ2v) is 8.22. The van der Waals surface area contributed by atoms with Crippen LogP contribution < -0.4 is 9.64 Å². The zero-order chi connectivity index (χ0) is 18.7. The van der Waals surface area contributed by atoms with E-state index >= 15 is 0 Å². The molecule has 1 aliphatic rings. The second kappa shape index (κ2) is 7.55. The highest BCUT2D eigenvalue weighted by Gasteiger charge is 2.32. The summed E-state index contributed by atoms with van der Waals surface area (Å²) in [4.78, 5) is 10.3. The van der Waals surface area contributed by atoms with E-state index in [1.165, 1.54) is 22.6 Å². The average molecular weight is 380 g/mol. The number of hydrogen-bond acceptors (Lipinski definition) is 6. The number of halogens is 1. The summed E-state index contributed by atoms with van der Waals surface area (Å²) < 4.78 is 46.0. The summed E-state index contributed by atoms with van der Waals surface area (Å²) in [5, 5.41) is 0. The number of benzene rings is 1. The standard InChI is InChI=1S/C17H21FN4O3S/c1-21(2)16-17(20-10-9-19-16)25-14-4-3-11-22(12-14)26(23,24)15-7-5-13(18)6-8-15/h5-10,14H,3-4,11-12H2,1-2H3. The molecule has 0 spiro atoms. The molecule has 0 N–H and O–H groups in total. The summed E-state index contributed by atoms with van der Waals surface area (Å²) in [7, 11) is -0.0175. The minimum absolute atomic E-state index is 0.0769. The molecular formula is C17H21FN4O3S. The van der Waals surface area contributed by atoms with Gasteiger partial charge in [0.15, 0.2) is 5.82 Å². The molecule has 1 unspecified atom stereocenters. The number of piperidine rings is 1. The molecule has 0 bridgehead atoms. The summed E-state index contributed by atoms with van der Waals surface area (Å²) in [6.45, 7) is 0.615. The van der Waals surface area contributed by atoms with E-state index in [0.717, 1.165) is 18.6 Å². The van der Waals surface area contributed by atoms with Crippen LogP contribution in [0, 0.1) is 5.82 Å². The van der Waals surface area contributed by atoms with Crippen LogP contribution in [0.2, 0.25) is 0 Å². The maximum absolute atomic E-state index is 13.1. The normalized spacial score (nSPS) is 18.5. The van der Waals surface area contributed by atoms with E-state index in [4.69, 9.17) is 4.74 Å². The van der Waals surface area contributed by atoms with Crippen LogP contribution in [0.1, 0.15) is 12.8 Å². The van der Waals surface area contributed by atoms with Crippen molar-refractivity contribution in [3.05, 3.63) is 42.5 Å². The molecule has 0 aliphatic carbocycles. The lowest BCUT2D eigenvalue weighted by Crippen LogP contribution is -2.44. The first kappa shape index (κ1) is 18.5. The largest absolute Gasteiger partial charge is 0.470 e. The van der Waals surface area contributed by atoms with E-state index in [1.807, 2.05) is 14.1 Å². The highest BCUT2D eigenvalue weighted by Crippen LogP contribution is 2.26. The maximum atomic E-state index is 13.1. The number of anilines is 1. The van der Waals surface area contributed by atoms with Gasteiger partial charge in [0.2, 0.25) is 10.0 Å². The fraction of sp³-hybridized carbons (Fsp3) is 0.412. The third-order valence-corrected chi connectivity index (χ3v) is 6.02. The van der Waals surface area contributed by atoms with Crippen LogP contribution in [0.3, 0.4) is 0 Å². The van der Waals surface area contributed by atoms with E-state index in [1.54, 1.807) is 11.1 Å². The van der Waals surface area contributed by atoms with Crippen LogP contribution in [0.4, 0.5) is 10.2 Å². The molecule has 140 valence electrons. The van der Waals surface area contributed by atoms with Crippen molar-refractivity contribution in [1.29, 1.82) is 0 Å². The average Bonchev–Trinajstić information content (AvgIpc) is 2.62. The molecule has 1 aromatic carbocycles. The summed E-state index contributed by atoms with van der Waals surface area (Å²) in [6, 6.07) is 4.85. The zero-order valence-electron chi connectivity index (χ0n) is 14.7. The van der Waals surface area contributed by atoms with Gasteiger partial charge in [0, 0.05) is 33.0 Å². The van der Waals surface area contributed by atoms with E-state index in [2.05, 4.69) is 9.97 Å². The lowest BCUT2D eigenvalue weighted by molar-refractivity contribution is 0.125. The van der Waals surface area contributed by atoms with Gasteiger partial charge in [-0.3, -0.25) is 0 Å². The van der Waals surface area contributed by atoms with Crippen LogP contribution in [-0.2, 0) is 10.0 Å². The topological polar surface area (TPSA) is 75.6 Å². The molecule has 2 aromatic rings. The Morgan fingerprint density at radius 2 is 1.88 bits per heavy atom. The fourth-order valence-electron chi connectivity index (χ4n) is 2.84. The zero-order valence-corrected chi connectivity index (χ0v) is 15.5. The van der Waals surface area contributed by atoms with Crippen LogP contribution in [0.25, 0.3) is 0 Å². The van der Waals surface area contributed by atoms with Crippen molar-refractivity contribution in [3.63, 3.8) is 0 Å². The monoisotopic (exact) mass is 380 g/mol. The molecule has 2 heterocycles. The van der Waals surface area contributed by atoms with Gasteiger partial charge >= 0.3 is 0 Å². The van der Waals surface area contributed by atoms with Crippen molar-refractivity contribution < 1.29 is 17.5 Å². The van der Waals surface area contributed by atoms with Crippen molar-refractivity contribution in [3.8, 4) is 5.88 Å². The van der Waals surface area contributed by atoms with Gasteiger partial charge in [-0.1, -0.05) is 0 Å². The first-order valence-electron chi connectivity index (χ1n) is 8.28. The Balaban J connectivity index is 1.76. The van der Waals surface area contributed by atoms with Gasteiger partial charge in [-0.15, -0.1) is 0 Å². The SMILES string of the molecule is CN(C)c1nccnc1OC1CCCN(S(=O)(=O)c2ccc(F)cc2)C1. The second-order valence-electron chi connectivity index (χ2n) is 6.28. The molecule has 0 saturated carbocycles. The Labute approximate surface area is 152 Å². The van der Waals surface area contributed by atoms with Crippen LogP contribution in [0.15, 0.2) is 41.6 Å². The molecule has 1 fully saturated rings. The van der Waals surface area contributed by atoms with Crippen molar-refractivity contribution >= 4 is 15.8 Å². The van der Waals surface area contributed by atoms with Gasteiger partial charge in [-0.05, 0) is 37.1 Å². The molecule has 0 radical (unpaired) electrons. The predicted molar refractivity (Wildman–Crippen MR) is 95.2 cm³/mol. The van der Waals surface area contributed by atoms with Gasteiger partial charge in [0.1, 0.15) is 11.9 Å². The van der Waals surface area contributed by atoms with Gasteiger partial charge in [0.25, 0.3) is 5.88 Å². The van der Waals surface area contributed by atoms with Gasteiger partial charge < -0.3 is 9.64 Å². The molecule has 1 aliphatic heterocycles. The molecule has 7 nitrogen and oxygen atoms in total. The highest BCUT2D eigenvalue weighted by atomic mass is 32.2. The Morgan fingerprint density at radius 1 is 1.19 bits per heavy atom. The lowest BCUT2D eigenvalue weighted by atomic mass is 10.1. The van der Waals surface area contributed by atoms with Gasteiger partial charge in [-0.2, -0.15) is 4.31 Å². The van der Waals surface area contributed by atoms with Crippen molar-refractivity contribution in [2.45, 2.75) is 23.8 Å². The number of hydrogen-bond donors (Lipinski definition) is 0. The first-order chi connectivity index (χ1) is 12.4. The Hall–Kier alpha value is -2.26. The number of sulfonamides is 1. The highest BCUT2D eigenvalue weighted by molar-refractivity contribution is 7.89. The summed E-state index contributed by atoms with van der Waals surface area (Å²) >= 11 is 0. The Kier molecular flexibility index (Phi) is 5.38. The molecular weight excluding hydrogens is 359 g/mol. The van der Waals surface area contributed by atoms with Crippen molar-refractivity contribution in [1.82, 2.24) is 14.3 Å². The minimum Gasteiger partial charge on any atom is -0.470 e. The molecule has 0 amide bonds. The quantitative estimate of drug-likeness (QED) is 0.789. The lowest BCUT2D eigenvalue weighted by Gasteiger charge is -2.32. The summed E-state index contributed by atoms with van der Waals surface area (Å²) in [6.07, 6.45) is 4.18. The van der Waals surface area contributed by atoms with Gasteiger partial charge in [-0.25, -0.2) is 22.8 Å². The third kappa shape index (κ3) is 3.94. The first-order valence-corrected chi connectivity index (χ1v) is 9.72. The molecule has 1 atom stereocenters. The van der Waals surface area contributed by atoms with E-state index < -0.39 is 15.8 Å². The van der Waals surface area contributed by atoms with E-state index in [-0.39, 0.29) is 17.5 Å². The minimum atomic E-state index is -3.69. The molecule has 26 heavy (non-hydrogen) atoms. The Bertz CT molecular complexity index is 859. The fourth-order valence-corrected chi connectivity index (χ4v) is 4.35. The van der Waals surface area contributed by atoms with E-state index in [0.29, 0.717) is 24.7 Å².